The quantitative estimate of drug-likeness (QED) is 0.698. The van der Waals surface area contributed by atoms with Gasteiger partial charge in [0.25, 0.3) is 0 Å². The Morgan fingerprint density at radius 2 is 1.89 bits per heavy atom. The Balaban J connectivity index is 0.00000162. The molecule has 2 nitrogen and oxygen atoms in total. The van der Waals surface area contributed by atoms with E-state index in [4.69, 9.17) is 0 Å². The number of aliphatic hydroxyl groups excluding tert-OH is 1. The van der Waals surface area contributed by atoms with Crippen LogP contribution in [0.1, 0.15) is 27.0 Å². The van der Waals surface area contributed by atoms with Gasteiger partial charge in [-0.3, -0.25) is 4.79 Å². The Morgan fingerprint density at radius 1 is 1.22 bits per heavy atom. The molecule has 0 atom stereocenters. The zero-order chi connectivity index (χ0) is 12.3. The van der Waals surface area contributed by atoms with Crippen LogP contribution in [0.3, 0.4) is 0 Å². The van der Waals surface area contributed by atoms with E-state index in [2.05, 4.69) is 6.07 Å². The van der Waals surface area contributed by atoms with Crippen molar-refractivity contribution in [1.29, 1.82) is 0 Å². The molecule has 0 aliphatic rings. The molecule has 2 rings (SSSR count). The van der Waals surface area contributed by atoms with E-state index >= 15 is 0 Å². The van der Waals surface area contributed by atoms with Crippen LogP contribution >= 0.6 is 0 Å². The van der Waals surface area contributed by atoms with Crippen LogP contribution in [0.25, 0.3) is 0 Å². The Labute approximate surface area is 132 Å². The molecule has 0 fully saturated rings. The Morgan fingerprint density at radius 3 is 2.50 bits per heavy atom. The number of hydrogen-bond acceptors (Lipinski definition) is 2. The van der Waals surface area contributed by atoms with Crippen molar-refractivity contribution < 1.29 is 42.6 Å². The van der Waals surface area contributed by atoms with Gasteiger partial charge in [0.15, 0.2) is 5.78 Å². The molecular formula is C15H13O2Y-. The topological polar surface area (TPSA) is 37.3 Å². The second-order valence-corrected chi connectivity index (χ2v) is 3.94. The maximum Gasteiger partial charge on any atom is 0.169 e. The van der Waals surface area contributed by atoms with Crippen molar-refractivity contribution in [2.24, 2.45) is 0 Å². The zero-order valence-electron chi connectivity index (χ0n) is 10.2. The minimum absolute atomic E-state index is 0. The fourth-order valence-corrected chi connectivity index (χ4v) is 1.68. The minimum atomic E-state index is -0.149. The largest absolute Gasteiger partial charge is 0.404 e. The van der Waals surface area contributed by atoms with Crippen molar-refractivity contribution in [2.45, 2.75) is 13.5 Å². The number of rotatable bonds is 3. The SMILES string of the molecule is Cc1ccc(C(=O)c2cc[c-]cc2CO)cc1.[Y]. The maximum absolute atomic E-state index is 12.2. The summed E-state index contributed by atoms with van der Waals surface area (Å²) >= 11 is 0. The predicted molar refractivity (Wildman–Crippen MR) is 65.8 cm³/mol. The molecule has 0 amide bonds. The van der Waals surface area contributed by atoms with E-state index in [0.29, 0.717) is 16.7 Å². The van der Waals surface area contributed by atoms with E-state index in [1.165, 1.54) is 0 Å². The molecule has 2 aromatic carbocycles. The Hall–Kier alpha value is -0.826. The van der Waals surface area contributed by atoms with Gasteiger partial charge in [0, 0.05) is 44.9 Å². The van der Waals surface area contributed by atoms with Crippen LogP contribution in [0.2, 0.25) is 0 Å². The van der Waals surface area contributed by atoms with E-state index in [9.17, 15) is 9.90 Å². The second-order valence-electron chi connectivity index (χ2n) is 3.94. The Bertz CT molecular complexity index is 532. The predicted octanol–water partition coefficient (Wildman–Crippen LogP) is 2.52. The Kier molecular flexibility index (Phi) is 5.87. The molecule has 1 N–H and O–H groups in total. The number of hydrogen-bond donors (Lipinski definition) is 1. The van der Waals surface area contributed by atoms with Crippen molar-refractivity contribution in [3.05, 3.63) is 70.8 Å². The molecular weight excluding hydrogens is 301 g/mol. The van der Waals surface area contributed by atoms with E-state index in [1.807, 2.05) is 19.1 Å². The molecule has 0 bridgehead atoms. The van der Waals surface area contributed by atoms with Gasteiger partial charge in [-0.15, -0.1) is 5.56 Å². The van der Waals surface area contributed by atoms with Crippen molar-refractivity contribution >= 4 is 5.78 Å². The van der Waals surface area contributed by atoms with Crippen LogP contribution in [0.15, 0.2) is 42.5 Å². The summed E-state index contributed by atoms with van der Waals surface area (Å²) in [5.41, 5.74) is 2.90. The summed E-state index contributed by atoms with van der Waals surface area (Å²) in [5.74, 6) is -0.0666. The van der Waals surface area contributed by atoms with Gasteiger partial charge in [-0.1, -0.05) is 35.4 Å². The van der Waals surface area contributed by atoms with Gasteiger partial charge in [0.05, 0.1) is 0 Å². The molecule has 0 spiro atoms. The third kappa shape index (κ3) is 3.35. The summed E-state index contributed by atoms with van der Waals surface area (Å²) in [6, 6.07) is 15.3. The van der Waals surface area contributed by atoms with Crippen LogP contribution in [0.5, 0.6) is 0 Å². The van der Waals surface area contributed by atoms with Gasteiger partial charge >= 0.3 is 0 Å². The molecule has 0 aliphatic heterocycles. The molecule has 1 radical (unpaired) electrons. The number of carbonyl (C=O) groups excluding carboxylic acids is 1. The first-order valence-electron chi connectivity index (χ1n) is 5.43. The first-order valence-corrected chi connectivity index (χ1v) is 5.43. The smallest absolute Gasteiger partial charge is 0.169 e. The van der Waals surface area contributed by atoms with E-state index < -0.39 is 0 Å². The van der Waals surface area contributed by atoms with Crippen LogP contribution in [-0.2, 0) is 39.3 Å². The summed E-state index contributed by atoms with van der Waals surface area (Å²) < 4.78 is 0. The fraction of sp³-hybridized carbons (Fsp3) is 0.133. The van der Waals surface area contributed by atoms with Gasteiger partial charge in [0.2, 0.25) is 0 Å². The van der Waals surface area contributed by atoms with Crippen LogP contribution in [0.4, 0.5) is 0 Å². The molecule has 0 heterocycles. The van der Waals surface area contributed by atoms with Crippen LogP contribution < -0.4 is 0 Å². The fourth-order valence-electron chi connectivity index (χ4n) is 1.68. The summed E-state index contributed by atoms with van der Waals surface area (Å²) in [6.07, 6.45) is 0. The summed E-state index contributed by atoms with van der Waals surface area (Å²) in [7, 11) is 0. The van der Waals surface area contributed by atoms with Crippen molar-refractivity contribution in [3.8, 4) is 0 Å². The summed E-state index contributed by atoms with van der Waals surface area (Å²) in [6.45, 7) is 1.83. The van der Waals surface area contributed by atoms with E-state index in [0.717, 1.165) is 5.56 Å². The van der Waals surface area contributed by atoms with Crippen molar-refractivity contribution in [3.63, 3.8) is 0 Å². The van der Waals surface area contributed by atoms with Gasteiger partial charge in [-0.25, -0.2) is 0 Å². The van der Waals surface area contributed by atoms with Gasteiger partial charge in [0.1, 0.15) is 0 Å². The monoisotopic (exact) mass is 314 g/mol. The first-order chi connectivity index (χ1) is 8.22. The number of carbonyl (C=O) groups is 1. The molecule has 0 aliphatic carbocycles. The molecule has 0 unspecified atom stereocenters. The maximum atomic E-state index is 12.2. The molecule has 2 aromatic rings. The molecule has 0 aromatic heterocycles. The van der Waals surface area contributed by atoms with E-state index in [1.54, 1.807) is 30.3 Å². The van der Waals surface area contributed by atoms with Gasteiger partial charge < -0.3 is 5.11 Å². The van der Waals surface area contributed by atoms with Crippen molar-refractivity contribution in [1.82, 2.24) is 0 Å². The van der Waals surface area contributed by atoms with Gasteiger partial charge in [-0.05, 0) is 6.92 Å². The molecule has 18 heavy (non-hydrogen) atoms. The average molecular weight is 314 g/mol. The van der Waals surface area contributed by atoms with Crippen LogP contribution in [-0.4, -0.2) is 10.9 Å². The second kappa shape index (κ2) is 6.93. The average Bonchev–Trinajstić information content (AvgIpc) is 2.39. The zero-order valence-corrected chi connectivity index (χ0v) is 13.0. The number of benzene rings is 2. The van der Waals surface area contributed by atoms with Crippen LogP contribution in [0, 0.1) is 13.0 Å². The van der Waals surface area contributed by atoms with Crippen molar-refractivity contribution in [2.75, 3.05) is 0 Å². The standard InChI is InChI=1S/C15H13O2.Y/c1-11-6-8-12(9-7-11)15(17)14-5-3-2-4-13(14)10-16;/h3-9,16H,10H2,1H3;/q-1;. The number of ketones is 1. The summed E-state index contributed by atoms with van der Waals surface area (Å²) in [5, 5.41) is 9.19. The first kappa shape index (κ1) is 15.2. The summed E-state index contributed by atoms with van der Waals surface area (Å²) in [4.78, 5) is 12.2. The van der Waals surface area contributed by atoms with Gasteiger partial charge in [-0.2, -0.15) is 24.3 Å². The molecule has 0 saturated heterocycles. The minimum Gasteiger partial charge on any atom is -0.404 e. The van der Waals surface area contributed by atoms with E-state index in [-0.39, 0.29) is 45.1 Å². The normalized spacial score (nSPS) is 9.67. The third-order valence-electron chi connectivity index (χ3n) is 2.68. The molecule has 3 heteroatoms. The molecule has 89 valence electrons. The third-order valence-corrected chi connectivity index (χ3v) is 2.68. The number of aryl methyl sites for hydroxylation is 1. The number of aliphatic hydroxyl groups is 1. The molecule has 0 saturated carbocycles.